The van der Waals surface area contributed by atoms with E-state index in [1.54, 1.807) is 12.1 Å². The average molecular weight is 243 g/mol. The highest BCUT2D eigenvalue weighted by Gasteiger charge is 2.00. The van der Waals surface area contributed by atoms with Crippen molar-refractivity contribution in [2.24, 2.45) is 0 Å². The van der Waals surface area contributed by atoms with Gasteiger partial charge in [0.2, 0.25) is 0 Å². The van der Waals surface area contributed by atoms with E-state index in [0.717, 1.165) is 5.56 Å². The quantitative estimate of drug-likeness (QED) is 0.841. The van der Waals surface area contributed by atoms with E-state index in [-0.39, 0.29) is 10.9 Å². The van der Waals surface area contributed by atoms with Crippen LogP contribution in [0.5, 0.6) is 6.08 Å². The molecule has 0 aliphatic rings. The van der Waals surface area contributed by atoms with Gasteiger partial charge in [0.1, 0.15) is 6.61 Å². The minimum atomic E-state index is 0.134. The fourth-order valence-corrected chi connectivity index (χ4v) is 1.25. The molecule has 0 saturated heterocycles. The van der Waals surface area contributed by atoms with E-state index in [0.29, 0.717) is 11.6 Å². The molecule has 4 nitrogen and oxygen atoms in total. The van der Waals surface area contributed by atoms with E-state index < -0.39 is 0 Å². The minimum absolute atomic E-state index is 0.134. The van der Waals surface area contributed by atoms with Gasteiger partial charge in [-0.3, -0.25) is 0 Å². The fourth-order valence-electron chi connectivity index (χ4n) is 1.00. The number of benzene rings is 1. The van der Waals surface area contributed by atoms with Crippen molar-refractivity contribution in [1.29, 1.82) is 0 Å². The van der Waals surface area contributed by atoms with Gasteiger partial charge < -0.3 is 9.15 Å². The number of ether oxygens (including phenoxy) is 1. The Morgan fingerprint density at radius 3 is 2.73 bits per heavy atom. The topological polar surface area (TPSA) is 51.0 Å². The van der Waals surface area contributed by atoms with E-state index in [1.165, 1.54) is 0 Å². The average Bonchev–Trinajstić information content (AvgIpc) is 2.64. The Morgan fingerprint density at radius 2 is 2.13 bits per heavy atom. The molecule has 1 aromatic heterocycles. The number of rotatable bonds is 3. The standard InChI is InChI=1S/C9H7ClN2O2S/c10-7-3-1-6(2-4-7)5-13-8-11-12-9(15)14-8/h1-4H,5H2,(H,12,15). The molecule has 0 aliphatic heterocycles. The third kappa shape index (κ3) is 2.81. The molecular formula is C9H7ClN2O2S. The summed E-state index contributed by atoms with van der Waals surface area (Å²) in [6.07, 6.45) is 0.134. The third-order valence-corrected chi connectivity index (χ3v) is 2.12. The van der Waals surface area contributed by atoms with Crippen molar-refractivity contribution in [2.75, 3.05) is 0 Å². The van der Waals surface area contributed by atoms with Crippen molar-refractivity contribution < 1.29 is 9.15 Å². The van der Waals surface area contributed by atoms with Gasteiger partial charge in [0.05, 0.1) is 0 Å². The number of hydrogen-bond donors (Lipinski definition) is 1. The number of nitrogens with one attached hydrogen (secondary N) is 1. The van der Waals surface area contributed by atoms with Gasteiger partial charge in [-0.25, -0.2) is 5.10 Å². The Morgan fingerprint density at radius 1 is 1.40 bits per heavy atom. The van der Waals surface area contributed by atoms with Crippen LogP contribution in [-0.2, 0) is 6.61 Å². The van der Waals surface area contributed by atoms with Gasteiger partial charge in [0.25, 0.3) is 4.84 Å². The second kappa shape index (κ2) is 4.46. The van der Waals surface area contributed by atoms with Gasteiger partial charge in [0, 0.05) is 5.02 Å². The minimum Gasteiger partial charge on any atom is -0.444 e. The summed E-state index contributed by atoms with van der Waals surface area (Å²) in [4.78, 5) is 0.195. The Labute approximate surface area is 95.8 Å². The van der Waals surface area contributed by atoms with E-state index in [4.69, 9.17) is 33.0 Å². The summed E-state index contributed by atoms with van der Waals surface area (Å²) in [6, 6.07) is 7.31. The summed E-state index contributed by atoms with van der Waals surface area (Å²) in [5, 5.41) is 6.86. The van der Waals surface area contributed by atoms with Gasteiger partial charge in [-0.1, -0.05) is 28.8 Å². The zero-order valence-electron chi connectivity index (χ0n) is 7.57. The van der Waals surface area contributed by atoms with Crippen LogP contribution in [0.3, 0.4) is 0 Å². The molecule has 0 atom stereocenters. The van der Waals surface area contributed by atoms with Gasteiger partial charge in [-0.05, 0) is 29.9 Å². The molecule has 0 radical (unpaired) electrons. The van der Waals surface area contributed by atoms with E-state index in [1.807, 2.05) is 12.1 Å². The number of hydrogen-bond acceptors (Lipinski definition) is 4. The molecule has 0 bridgehead atoms. The highest BCUT2D eigenvalue weighted by atomic mass is 35.5. The monoisotopic (exact) mass is 242 g/mol. The van der Waals surface area contributed by atoms with Crippen molar-refractivity contribution in [3.8, 4) is 6.08 Å². The first-order valence-electron chi connectivity index (χ1n) is 4.17. The summed E-state index contributed by atoms with van der Waals surface area (Å²) in [7, 11) is 0. The molecule has 0 saturated carbocycles. The smallest absolute Gasteiger partial charge is 0.413 e. The summed E-state index contributed by atoms with van der Waals surface area (Å²) >= 11 is 10.4. The number of halogens is 1. The van der Waals surface area contributed by atoms with Crippen LogP contribution in [0.25, 0.3) is 0 Å². The predicted molar refractivity (Wildman–Crippen MR) is 57.5 cm³/mol. The maximum atomic E-state index is 5.74. The predicted octanol–water partition coefficient (Wildman–Crippen LogP) is 2.96. The number of aromatic nitrogens is 2. The zero-order chi connectivity index (χ0) is 10.7. The zero-order valence-corrected chi connectivity index (χ0v) is 9.14. The highest BCUT2D eigenvalue weighted by molar-refractivity contribution is 7.71. The number of nitrogens with zero attached hydrogens (tertiary/aromatic N) is 1. The number of H-pyrrole nitrogens is 1. The summed E-state index contributed by atoms with van der Waals surface area (Å²) in [6.45, 7) is 0.361. The van der Waals surface area contributed by atoms with Crippen LogP contribution in [0.4, 0.5) is 0 Å². The van der Waals surface area contributed by atoms with Crippen LogP contribution in [0.1, 0.15) is 5.56 Å². The third-order valence-electron chi connectivity index (χ3n) is 1.69. The molecule has 15 heavy (non-hydrogen) atoms. The molecule has 2 rings (SSSR count). The van der Waals surface area contributed by atoms with Crippen LogP contribution >= 0.6 is 23.8 Å². The van der Waals surface area contributed by atoms with E-state index in [2.05, 4.69) is 10.2 Å². The van der Waals surface area contributed by atoms with Crippen molar-refractivity contribution in [2.45, 2.75) is 6.61 Å². The first-order chi connectivity index (χ1) is 7.24. The van der Waals surface area contributed by atoms with E-state index in [9.17, 15) is 0 Å². The second-order valence-corrected chi connectivity index (χ2v) is 3.60. The highest BCUT2D eigenvalue weighted by Crippen LogP contribution is 2.12. The molecule has 78 valence electrons. The molecule has 0 amide bonds. The Hall–Kier alpha value is -1.33. The normalized spacial score (nSPS) is 10.2. The maximum absolute atomic E-state index is 5.74. The lowest BCUT2D eigenvalue weighted by Crippen LogP contribution is -1.95. The largest absolute Gasteiger partial charge is 0.444 e. The summed E-state index contributed by atoms with van der Waals surface area (Å²) in [5.74, 6) is 0. The second-order valence-electron chi connectivity index (χ2n) is 2.79. The van der Waals surface area contributed by atoms with Gasteiger partial charge in [-0.15, -0.1) is 0 Å². The molecule has 1 heterocycles. The molecule has 1 N–H and O–H groups in total. The van der Waals surface area contributed by atoms with Gasteiger partial charge in [0.15, 0.2) is 0 Å². The summed E-state index contributed by atoms with van der Waals surface area (Å²) in [5.41, 5.74) is 0.975. The molecular weight excluding hydrogens is 236 g/mol. The molecule has 6 heteroatoms. The summed E-state index contributed by atoms with van der Waals surface area (Å²) < 4.78 is 10.2. The Balaban J connectivity index is 1.99. The van der Waals surface area contributed by atoms with Crippen LogP contribution < -0.4 is 4.74 Å². The lowest BCUT2D eigenvalue weighted by atomic mass is 10.2. The molecule has 1 aromatic carbocycles. The van der Waals surface area contributed by atoms with Crippen LogP contribution in [0, 0.1) is 4.84 Å². The SMILES string of the molecule is S=c1[nH]nc(OCc2ccc(Cl)cc2)o1. The van der Waals surface area contributed by atoms with Gasteiger partial charge in [-0.2, -0.15) is 0 Å². The Kier molecular flexibility index (Phi) is 3.03. The van der Waals surface area contributed by atoms with Crippen LogP contribution in [0.15, 0.2) is 28.7 Å². The van der Waals surface area contributed by atoms with Crippen molar-refractivity contribution >= 4 is 23.8 Å². The van der Waals surface area contributed by atoms with Crippen LogP contribution in [0.2, 0.25) is 5.02 Å². The lowest BCUT2D eigenvalue weighted by Gasteiger charge is -2.00. The first-order valence-corrected chi connectivity index (χ1v) is 4.95. The van der Waals surface area contributed by atoms with E-state index >= 15 is 0 Å². The van der Waals surface area contributed by atoms with Crippen LogP contribution in [-0.4, -0.2) is 10.2 Å². The van der Waals surface area contributed by atoms with Crippen molar-refractivity contribution in [3.05, 3.63) is 39.7 Å². The fraction of sp³-hybridized carbons (Fsp3) is 0.111. The molecule has 0 fully saturated rings. The molecule has 0 spiro atoms. The maximum Gasteiger partial charge on any atom is 0.413 e. The van der Waals surface area contributed by atoms with Gasteiger partial charge >= 0.3 is 6.08 Å². The lowest BCUT2D eigenvalue weighted by molar-refractivity contribution is 0.218. The molecule has 0 unspecified atom stereocenters. The van der Waals surface area contributed by atoms with Crippen molar-refractivity contribution in [1.82, 2.24) is 10.2 Å². The number of aromatic amines is 1. The molecule has 2 aromatic rings. The van der Waals surface area contributed by atoms with Crippen molar-refractivity contribution in [3.63, 3.8) is 0 Å². The first kappa shape index (κ1) is 10.2. The Bertz CT molecular complexity index is 491. The molecule has 0 aliphatic carbocycles.